The van der Waals surface area contributed by atoms with Crippen molar-refractivity contribution >= 4 is 11.4 Å². The van der Waals surface area contributed by atoms with Crippen molar-refractivity contribution in [2.45, 2.75) is 27.0 Å². The minimum absolute atomic E-state index is 0.0640. The molecule has 2 rings (SSSR count). The van der Waals surface area contributed by atoms with Gasteiger partial charge in [0.05, 0.1) is 23.6 Å². The number of nitrogens with zero attached hydrogens (tertiary/aromatic N) is 1. The van der Waals surface area contributed by atoms with Crippen molar-refractivity contribution in [1.82, 2.24) is 4.98 Å². The summed E-state index contributed by atoms with van der Waals surface area (Å²) in [6.45, 7) is 0.627. The van der Waals surface area contributed by atoms with Gasteiger partial charge in [0.1, 0.15) is 5.76 Å². The quantitative estimate of drug-likeness (QED) is 0.829. The fourth-order valence-electron chi connectivity index (χ4n) is 1.69. The lowest BCUT2D eigenvalue weighted by Crippen LogP contribution is -2.07. The highest BCUT2D eigenvalue weighted by Crippen LogP contribution is 2.29. The number of oxazole rings is 1. The van der Waals surface area contributed by atoms with E-state index < -0.39 is 18.2 Å². The minimum atomic E-state index is -3.12. The molecule has 0 bridgehead atoms. The molecule has 1 aromatic heterocycles. The molecule has 5 nitrogen and oxygen atoms in total. The van der Waals surface area contributed by atoms with Crippen molar-refractivity contribution in [3.8, 4) is 5.75 Å². The van der Waals surface area contributed by atoms with Crippen LogP contribution in [0.5, 0.6) is 5.75 Å². The predicted octanol–water partition coefficient (Wildman–Crippen LogP) is 3.23. The maximum atomic E-state index is 13.4. The topological polar surface area (TPSA) is 73.3 Å². The predicted molar refractivity (Wildman–Crippen MR) is 70.7 cm³/mol. The first kappa shape index (κ1) is 15.0. The van der Waals surface area contributed by atoms with E-state index in [1.54, 1.807) is 13.8 Å². The number of anilines is 2. The Hall–Kier alpha value is -2.38. The molecule has 0 atom stereocenters. The highest BCUT2D eigenvalue weighted by atomic mass is 19.3. The maximum Gasteiger partial charge on any atom is 0.387 e. The van der Waals surface area contributed by atoms with Crippen LogP contribution in [0.1, 0.15) is 17.3 Å². The maximum absolute atomic E-state index is 13.4. The number of hydrogen-bond donors (Lipinski definition) is 2. The number of halogens is 3. The SMILES string of the molecule is Cc1nc(CNc2cc(OC(F)F)c(F)cc2N)oc1C. The van der Waals surface area contributed by atoms with Crippen LogP contribution in [0.25, 0.3) is 0 Å². The number of benzene rings is 1. The van der Waals surface area contributed by atoms with E-state index >= 15 is 0 Å². The smallest absolute Gasteiger partial charge is 0.387 e. The van der Waals surface area contributed by atoms with Crippen LogP contribution in [0.2, 0.25) is 0 Å². The number of alkyl halides is 2. The third-order valence-corrected chi connectivity index (χ3v) is 2.82. The van der Waals surface area contributed by atoms with Gasteiger partial charge in [-0.2, -0.15) is 8.78 Å². The Balaban J connectivity index is 2.15. The number of nitrogen functional groups attached to an aromatic ring is 1. The summed E-state index contributed by atoms with van der Waals surface area (Å²) >= 11 is 0. The summed E-state index contributed by atoms with van der Waals surface area (Å²) in [4.78, 5) is 4.15. The lowest BCUT2D eigenvalue weighted by atomic mass is 10.2. The van der Waals surface area contributed by atoms with Crippen LogP contribution in [-0.2, 0) is 6.54 Å². The fourth-order valence-corrected chi connectivity index (χ4v) is 1.69. The molecule has 21 heavy (non-hydrogen) atoms. The van der Waals surface area contributed by atoms with E-state index in [1.165, 1.54) is 0 Å². The Bertz CT molecular complexity index is 624. The van der Waals surface area contributed by atoms with Gasteiger partial charge in [-0.15, -0.1) is 0 Å². The van der Waals surface area contributed by atoms with E-state index in [4.69, 9.17) is 10.2 Å². The second-order valence-corrected chi connectivity index (χ2v) is 4.35. The number of ether oxygens (including phenoxy) is 1. The number of nitrogens with one attached hydrogen (secondary N) is 1. The van der Waals surface area contributed by atoms with Crippen LogP contribution >= 0.6 is 0 Å². The molecule has 0 unspecified atom stereocenters. The monoisotopic (exact) mass is 301 g/mol. The van der Waals surface area contributed by atoms with Crippen molar-refractivity contribution in [2.75, 3.05) is 11.1 Å². The van der Waals surface area contributed by atoms with Crippen molar-refractivity contribution in [3.63, 3.8) is 0 Å². The fraction of sp³-hybridized carbons (Fsp3) is 0.308. The first-order chi connectivity index (χ1) is 9.86. The van der Waals surface area contributed by atoms with Gasteiger partial charge in [-0.1, -0.05) is 0 Å². The Morgan fingerprint density at radius 3 is 2.67 bits per heavy atom. The van der Waals surface area contributed by atoms with Crippen LogP contribution in [0.15, 0.2) is 16.5 Å². The van der Waals surface area contributed by atoms with Crippen molar-refractivity contribution in [3.05, 3.63) is 35.3 Å². The zero-order valence-corrected chi connectivity index (χ0v) is 11.4. The molecular weight excluding hydrogens is 287 g/mol. The summed E-state index contributed by atoms with van der Waals surface area (Å²) in [6, 6.07) is 1.98. The molecule has 0 radical (unpaired) electrons. The summed E-state index contributed by atoms with van der Waals surface area (Å²) in [5, 5.41) is 2.84. The summed E-state index contributed by atoms with van der Waals surface area (Å²) in [5.74, 6) is -0.451. The zero-order chi connectivity index (χ0) is 15.6. The summed E-state index contributed by atoms with van der Waals surface area (Å²) in [6.07, 6.45) is 0. The summed E-state index contributed by atoms with van der Waals surface area (Å²) < 4.78 is 47.2. The van der Waals surface area contributed by atoms with Gasteiger partial charge in [0.15, 0.2) is 11.6 Å². The highest BCUT2D eigenvalue weighted by molar-refractivity contribution is 5.68. The number of aryl methyl sites for hydroxylation is 2. The van der Waals surface area contributed by atoms with E-state index in [0.29, 0.717) is 11.7 Å². The lowest BCUT2D eigenvalue weighted by Gasteiger charge is -2.11. The van der Waals surface area contributed by atoms with Gasteiger partial charge in [0.25, 0.3) is 0 Å². The number of nitrogens with two attached hydrogens (primary N) is 1. The first-order valence-electron chi connectivity index (χ1n) is 6.07. The highest BCUT2D eigenvalue weighted by Gasteiger charge is 2.14. The third-order valence-electron chi connectivity index (χ3n) is 2.82. The Kier molecular flexibility index (Phi) is 4.25. The minimum Gasteiger partial charge on any atom is -0.444 e. The van der Waals surface area contributed by atoms with Gasteiger partial charge in [-0.3, -0.25) is 0 Å². The van der Waals surface area contributed by atoms with Crippen LogP contribution in [0.3, 0.4) is 0 Å². The van der Waals surface area contributed by atoms with Gasteiger partial charge in [0, 0.05) is 12.1 Å². The van der Waals surface area contributed by atoms with Crippen LogP contribution < -0.4 is 15.8 Å². The molecular formula is C13H14F3N3O2. The molecule has 114 valence electrons. The number of rotatable bonds is 5. The second-order valence-electron chi connectivity index (χ2n) is 4.35. The Morgan fingerprint density at radius 2 is 2.10 bits per heavy atom. The first-order valence-corrected chi connectivity index (χ1v) is 6.07. The van der Waals surface area contributed by atoms with E-state index in [9.17, 15) is 13.2 Å². The van der Waals surface area contributed by atoms with E-state index in [2.05, 4.69) is 15.0 Å². The molecule has 3 N–H and O–H groups in total. The largest absolute Gasteiger partial charge is 0.444 e. The van der Waals surface area contributed by atoms with Gasteiger partial charge in [-0.25, -0.2) is 9.37 Å². The molecule has 0 spiro atoms. The normalized spacial score (nSPS) is 11.0. The molecule has 0 saturated carbocycles. The molecule has 1 heterocycles. The molecule has 1 aromatic carbocycles. The van der Waals surface area contributed by atoms with Crippen molar-refractivity contribution < 1.29 is 22.3 Å². The van der Waals surface area contributed by atoms with E-state index in [-0.39, 0.29) is 17.9 Å². The molecule has 0 fully saturated rings. The summed E-state index contributed by atoms with van der Waals surface area (Å²) in [7, 11) is 0. The van der Waals surface area contributed by atoms with Crippen molar-refractivity contribution in [2.24, 2.45) is 0 Å². The molecule has 0 aliphatic carbocycles. The Morgan fingerprint density at radius 1 is 1.38 bits per heavy atom. The van der Waals surface area contributed by atoms with Crippen LogP contribution in [0, 0.1) is 19.7 Å². The second kappa shape index (κ2) is 5.94. The number of aromatic nitrogens is 1. The average molecular weight is 301 g/mol. The average Bonchev–Trinajstić information content (AvgIpc) is 2.70. The van der Waals surface area contributed by atoms with Gasteiger partial charge in [0.2, 0.25) is 5.89 Å². The van der Waals surface area contributed by atoms with Crippen LogP contribution in [0.4, 0.5) is 24.5 Å². The van der Waals surface area contributed by atoms with E-state index in [0.717, 1.165) is 17.8 Å². The number of hydrogen-bond acceptors (Lipinski definition) is 5. The molecule has 0 aliphatic rings. The van der Waals surface area contributed by atoms with E-state index in [1.807, 2.05) is 0 Å². The standard InChI is InChI=1S/C13H14F3N3O2/c1-6-7(2)20-12(19-6)5-18-10-4-11(21-13(15)16)8(14)3-9(10)17/h3-4,13,18H,5,17H2,1-2H3. The van der Waals surface area contributed by atoms with Crippen molar-refractivity contribution in [1.29, 1.82) is 0 Å². The molecule has 8 heteroatoms. The molecule has 2 aromatic rings. The Labute approximate surface area is 118 Å². The lowest BCUT2D eigenvalue weighted by molar-refractivity contribution is -0.0521. The molecule has 0 amide bonds. The molecule has 0 saturated heterocycles. The molecule has 0 aliphatic heterocycles. The zero-order valence-electron chi connectivity index (χ0n) is 11.4. The van der Waals surface area contributed by atoms with Crippen LogP contribution in [-0.4, -0.2) is 11.6 Å². The third kappa shape index (κ3) is 3.59. The van der Waals surface area contributed by atoms with Gasteiger partial charge >= 0.3 is 6.61 Å². The van der Waals surface area contributed by atoms with Gasteiger partial charge in [-0.05, 0) is 13.8 Å². The van der Waals surface area contributed by atoms with Gasteiger partial charge < -0.3 is 20.2 Å². The summed E-state index contributed by atoms with van der Waals surface area (Å²) in [5.41, 5.74) is 6.69.